The maximum absolute atomic E-state index is 5.29. The van der Waals surface area contributed by atoms with Crippen molar-refractivity contribution in [3.63, 3.8) is 0 Å². The van der Waals surface area contributed by atoms with Crippen LogP contribution in [-0.2, 0) is 11.5 Å². The van der Waals surface area contributed by atoms with Gasteiger partial charge in [0.2, 0.25) is 0 Å². The van der Waals surface area contributed by atoms with E-state index in [0.717, 1.165) is 22.8 Å². The second kappa shape index (κ2) is 4.94. The molecule has 17 heavy (non-hydrogen) atoms. The minimum absolute atomic E-state index is 0.906. The summed E-state index contributed by atoms with van der Waals surface area (Å²) in [5.74, 6) is 2.87. The number of para-hydroxylation sites is 1. The Morgan fingerprint density at radius 2 is 2.06 bits per heavy atom. The molecule has 0 N–H and O–H groups in total. The van der Waals surface area contributed by atoms with Crippen molar-refractivity contribution in [3.05, 3.63) is 53.4 Å². The van der Waals surface area contributed by atoms with Crippen LogP contribution in [0.4, 0.5) is 0 Å². The molecule has 0 bridgehead atoms. The summed E-state index contributed by atoms with van der Waals surface area (Å²) in [6, 6.07) is 12.2. The number of fused-ring (bicyclic) bond motifs is 1. The van der Waals surface area contributed by atoms with Crippen LogP contribution in [0.3, 0.4) is 0 Å². The molecule has 2 heterocycles. The summed E-state index contributed by atoms with van der Waals surface area (Å²) in [7, 11) is 0. The van der Waals surface area contributed by atoms with Crippen LogP contribution in [0.15, 0.2) is 47.1 Å². The van der Waals surface area contributed by atoms with Gasteiger partial charge in [0, 0.05) is 5.75 Å². The van der Waals surface area contributed by atoms with Crippen LogP contribution in [0.1, 0.15) is 10.8 Å². The SMILES string of the molecule is c1coc(CSCc2nc3ccccc3s2)c1. The molecule has 2 aromatic heterocycles. The zero-order valence-electron chi connectivity index (χ0n) is 9.13. The molecule has 2 nitrogen and oxygen atoms in total. The van der Waals surface area contributed by atoms with Crippen LogP contribution in [0.25, 0.3) is 10.2 Å². The van der Waals surface area contributed by atoms with Crippen molar-refractivity contribution in [3.8, 4) is 0 Å². The van der Waals surface area contributed by atoms with Gasteiger partial charge in [-0.2, -0.15) is 0 Å². The van der Waals surface area contributed by atoms with Gasteiger partial charge in [0.25, 0.3) is 0 Å². The van der Waals surface area contributed by atoms with E-state index >= 15 is 0 Å². The molecule has 0 fully saturated rings. The third-order valence-corrected chi connectivity index (χ3v) is 4.57. The molecule has 3 aromatic rings. The first-order valence-corrected chi connectivity index (χ1v) is 7.33. The van der Waals surface area contributed by atoms with Crippen molar-refractivity contribution in [2.24, 2.45) is 0 Å². The molecule has 0 radical (unpaired) electrons. The summed E-state index contributed by atoms with van der Waals surface area (Å²) in [5, 5.41) is 1.18. The highest BCUT2D eigenvalue weighted by molar-refractivity contribution is 7.97. The molecule has 0 amide bonds. The van der Waals surface area contributed by atoms with Crippen LogP contribution in [0.5, 0.6) is 0 Å². The van der Waals surface area contributed by atoms with E-state index < -0.39 is 0 Å². The van der Waals surface area contributed by atoms with Crippen LogP contribution < -0.4 is 0 Å². The molecule has 0 saturated heterocycles. The quantitative estimate of drug-likeness (QED) is 0.699. The fourth-order valence-electron chi connectivity index (χ4n) is 1.62. The first kappa shape index (κ1) is 10.9. The molecular weight excluding hydrogens is 250 g/mol. The second-order valence-corrected chi connectivity index (χ2v) is 5.75. The molecule has 0 aliphatic heterocycles. The number of hydrogen-bond acceptors (Lipinski definition) is 4. The number of thiazole rings is 1. The number of benzene rings is 1. The van der Waals surface area contributed by atoms with Gasteiger partial charge in [0.15, 0.2) is 0 Å². The highest BCUT2D eigenvalue weighted by Gasteiger charge is 2.03. The number of nitrogens with zero attached hydrogens (tertiary/aromatic N) is 1. The van der Waals surface area contributed by atoms with Crippen LogP contribution >= 0.6 is 23.1 Å². The Kier molecular flexibility index (Phi) is 3.16. The van der Waals surface area contributed by atoms with E-state index in [9.17, 15) is 0 Å². The molecule has 1 aromatic carbocycles. The van der Waals surface area contributed by atoms with Gasteiger partial charge in [-0.1, -0.05) is 12.1 Å². The lowest BCUT2D eigenvalue weighted by atomic mass is 10.3. The zero-order chi connectivity index (χ0) is 11.5. The molecule has 0 spiro atoms. The normalized spacial score (nSPS) is 11.1. The number of thioether (sulfide) groups is 1. The Morgan fingerprint density at radius 3 is 2.88 bits per heavy atom. The first-order valence-electron chi connectivity index (χ1n) is 5.36. The molecule has 0 atom stereocenters. The van der Waals surface area contributed by atoms with E-state index in [0.29, 0.717) is 0 Å². The van der Waals surface area contributed by atoms with Crippen molar-refractivity contribution < 1.29 is 4.42 Å². The Bertz CT molecular complexity index is 568. The summed E-state index contributed by atoms with van der Waals surface area (Å²) in [6.07, 6.45) is 1.72. The summed E-state index contributed by atoms with van der Waals surface area (Å²) >= 11 is 3.61. The van der Waals surface area contributed by atoms with Gasteiger partial charge in [-0.25, -0.2) is 4.98 Å². The molecule has 86 valence electrons. The van der Waals surface area contributed by atoms with Gasteiger partial charge < -0.3 is 4.42 Å². The Morgan fingerprint density at radius 1 is 1.12 bits per heavy atom. The van der Waals surface area contributed by atoms with E-state index in [-0.39, 0.29) is 0 Å². The van der Waals surface area contributed by atoms with E-state index in [1.807, 2.05) is 30.0 Å². The van der Waals surface area contributed by atoms with Crippen molar-refractivity contribution in [1.82, 2.24) is 4.98 Å². The largest absolute Gasteiger partial charge is 0.468 e. The van der Waals surface area contributed by atoms with Gasteiger partial charge in [0.05, 0.1) is 22.2 Å². The lowest BCUT2D eigenvalue weighted by Gasteiger charge is -1.94. The average Bonchev–Trinajstić information content (AvgIpc) is 2.96. The summed E-state index contributed by atoms with van der Waals surface area (Å²) < 4.78 is 6.56. The van der Waals surface area contributed by atoms with Crippen LogP contribution in [-0.4, -0.2) is 4.98 Å². The third-order valence-electron chi connectivity index (χ3n) is 2.39. The van der Waals surface area contributed by atoms with E-state index in [1.54, 1.807) is 17.6 Å². The van der Waals surface area contributed by atoms with E-state index in [2.05, 4.69) is 23.2 Å². The number of rotatable bonds is 4. The fraction of sp³-hybridized carbons (Fsp3) is 0.154. The Labute approximate surface area is 108 Å². The lowest BCUT2D eigenvalue weighted by molar-refractivity contribution is 0.530. The fourth-order valence-corrected chi connectivity index (χ4v) is 3.57. The lowest BCUT2D eigenvalue weighted by Crippen LogP contribution is -1.79. The molecule has 4 heteroatoms. The van der Waals surface area contributed by atoms with Crippen molar-refractivity contribution in [2.75, 3.05) is 0 Å². The van der Waals surface area contributed by atoms with Gasteiger partial charge in [0.1, 0.15) is 10.8 Å². The monoisotopic (exact) mass is 261 g/mol. The zero-order valence-corrected chi connectivity index (χ0v) is 10.8. The molecule has 0 aliphatic carbocycles. The van der Waals surface area contributed by atoms with Gasteiger partial charge in [-0.3, -0.25) is 0 Å². The number of furan rings is 1. The predicted molar refractivity (Wildman–Crippen MR) is 73.3 cm³/mol. The average molecular weight is 261 g/mol. The third kappa shape index (κ3) is 2.53. The summed E-state index contributed by atoms with van der Waals surface area (Å²) in [6.45, 7) is 0. The Hall–Kier alpha value is -1.26. The summed E-state index contributed by atoms with van der Waals surface area (Å²) in [5.41, 5.74) is 1.10. The standard InChI is InChI=1S/C13H11NOS2/c1-2-6-12-11(5-1)14-13(17-12)9-16-8-10-4-3-7-15-10/h1-7H,8-9H2. The van der Waals surface area contributed by atoms with Crippen molar-refractivity contribution >= 4 is 33.3 Å². The van der Waals surface area contributed by atoms with Crippen molar-refractivity contribution in [1.29, 1.82) is 0 Å². The minimum atomic E-state index is 0.906. The van der Waals surface area contributed by atoms with E-state index in [4.69, 9.17) is 4.42 Å². The summed E-state index contributed by atoms with van der Waals surface area (Å²) in [4.78, 5) is 4.60. The van der Waals surface area contributed by atoms with Crippen molar-refractivity contribution in [2.45, 2.75) is 11.5 Å². The number of aromatic nitrogens is 1. The highest BCUT2D eigenvalue weighted by Crippen LogP contribution is 2.26. The van der Waals surface area contributed by atoms with E-state index in [1.165, 1.54) is 9.71 Å². The molecule has 3 rings (SSSR count). The Balaban J connectivity index is 1.65. The van der Waals surface area contributed by atoms with Gasteiger partial charge >= 0.3 is 0 Å². The van der Waals surface area contributed by atoms with Gasteiger partial charge in [-0.05, 0) is 24.3 Å². The second-order valence-electron chi connectivity index (χ2n) is 3.65. The number of hydrogen-bond donors (Lipinski definition) is 0. The smallest absolute Gasteiger partial charge is 0.113 e. The maximum atomic E-state index is 5.29. The van der Waals surface area contributed by atoms with Crippen LogP contribution in [0, 0.1) is 0 Å². The highest BCUT2D eigenvalue weighted by atomic mass is 32.2. The molecule has 0 saturated carbocycles. The molecule has 0 unspecified atom stereocenters. The predicted octanol–water partition coefficient (Wildman–Crippen LogP) is 4.32. The molecular formula is C13H11NOS2. The molecule has 0 aliphatic rings. The van der Waals surface area contributed by atoms with Crippen LogP contribution in [0.2, 0.25) is 0 Å². The topological polar surface area (TPSA) is 26.0 Å². The first-order chi connectivity index (χ1) is 8.42. The van der Waals surface area contributed by atoms with Gasteiger partial charge in [-0.15, -0.1) is 23.1 Å². The maximum Gasteiger partial charge on any atom is 0.113 e. The minimum Gasteiger partial charge on any atom is -0.468 e.